The van der Waals surface area contributed by atoms with Crippen LogP contribution >= 0.6 is 0 Å². The number of rotatable bonds is 5. The van der Waals surface area contributed by atoms with Crippen LogP contribution in [-0.2, 0) is 4.79 Å². The van der Waals surface area contributed by atoms with Crippen molar-refractivity contribution in [3.63, 3.8) is 0 Å². The van der Waals surface area contributed by atoms with Crippen LogP contribution in [0.25, 0.3) is 21.9 Å². The van der Waals surface area contributed by atoms with Crippen molar-refractivity contribution in [2.45, 2.75) is 6.92 Å². The molecule has 3 rings (SSSR count). The minimum atomic E-state index is -0.0706. The molecule has 0 unspecified atom stereocenters. The van der Waals surface area contributed by atoms with Crippen LogP contribution in [-0.4, -0.2) is 43.6 Å². The minimum absolute atomic E-state index is 0.0275. The van der Waals surface area contributed by atoms with Gasteiger partial charge in [-0.05, 0) is 47.0 Å². The zero-order chi connectivity index (χ0) is 18.7. The van der Waals surface area contributed by atoms with Crippen molar-refractivity contribution in [2.24, 2.45) is 0 Å². The molecule has 0 N–H and O–H groups in total. The third kappa shape index (κ3) is 3.77. The molecule has 3 aromatic rings. The summed E-state index contributed by atoms with van der Waals surface area (Å²) in [6.45, 7) is 2.07. The van der Waals surface area contributed by atoms with Gasteiger partial charge < -0.3 is 14.4 Å². The van der Waals surface area contributed by atoms with E-state index < -0.39 is 0 Å². The molecule has 0 saturated heterocycles. The predicted molar refractivity (Wildman–Crippen MR) is 103 cm³/mol. The van der Waals surface area contributed by atoms with Crippen molar-refractivity contribution < 1.29 is 14.3 Å². The van der Waals surface area contributed by atoms with Crippen LogP contribution in [0.2, 0.25) is 0 Å². The summed E-state index contributed by atoms with van der Waals surface area (Å²) in [5.41, 5.74) is 3.23. The summed E-state index contributed by atoms with van der Waals surface area (Å²) in [5.74, 6) is 1.21. The molecule has 0 saturated carbocycles. The third-order valence-corrected chi connectivity index (χ3v) is 4.28. The first-order chi connectivity index (χ1) is 12.5. The number of carbonyl (C=O) groups is 1. The van der Waals surface area contributed by atoms with Gasteiger partial charge in [0.2, 0.25) is 5.88 Å². The SMILES string of the molecule is COc1cc(C)c(-c2ccc3ccc(OCC(=O)N(C)C)cc3c2)cn1. The van der Waals surface area contributed by atoms with Crippen molar-refractivity contribution in [3.8, 4) is 22.8 Å². The molecule has 1 heterocycles. The van der Waals surface area contributed by atoms with Crippen LogP contribution in [0.3, 0.4) is 0 Å². The van der Waals surface area contributed by atoms with Gasteiger partial charge in [-0.25, -0.2) is 4.98 Å². The Morgan fingerprint density at radius 1 is 1.08 bits per heavy atom. The summed E-state index contributed by atoms with van der Waals surface area (Å²) < 4.78 is 10.8. The summed E-state index contributed by atoms with van der Waals surface area (Å²) in [7, 11) is 5.03. The second-order valence-corrected chi connectivity index (χ2v) is 6.34. The summed E-state index contributed by atoms with van der Waals surface area (Å²) in [6.07, 6.45) is 1.82. The maximum absolute atomic E-state index is 11.7. The number of ether oxygens (including phenoxy) is 2. The van der Waals surface area contributed by atoms with Gasteiger partial charge in [0, 0.05) is 31.9 Å². The lowest BCUT2D eigenvalue weighted by molar-refractivity contribution is -0.130. The highest BCUT2D eigenvalue weighted by Gasteiger charge is 2.08. The maximum atomic E-state index is 11.7. The molecule has 0 aliphatic carbocycles. The van der Waals surface area contributed by atoms with E-state index in [0.717, 1.165) is 27.5 Å². The molecule has 0 spiro atoms. The van der Waals surface area contributed by atoms with Crippen LogP contribution in [0, 0.1) is 6.92 Å². The van der Waals surface area contributed by atoms with Crippen molar-refractivity contribution in [1.29, 1.82) is 0 Å². The Kier molecular flexibility index (Phi) is 5.07. The second-order valence-electron chi connectivity index (χ2n) is 6.34. The maximum Gasteiger partial charge on any atom is 0.259 e. The average Bonchev–Trinajstić information content (AvgIpc) is 2.65. The van der Waals surface area contributed by atoms with Crippen molar-refractivity contribution in [3.05, 3.63) is 54.2 Å². The van der Waals surface area contributed by atoms with E-state index in [-0.39, 0.29) is 12.5 Å². The first-order valence-corrected chi connectivity index (χ1v) is 8.35. The number of fused-ring (bicyclic) bond motifs is 1. The normalized spacial score (nSPS) is 10.6. The van der Waals surface area contributed by atoms with Crippen LogP contribution < -0.4 is 9.47 Å². The summed E-state index contributed by atoms with van der Waals surface area (Å²) in [4.78, 5) is 17.5. The van der Waals surface area contributed by atoms with E-state index in [9.17, 15) is 4.79 Å². The number of benzene rings is 2. The highest BCUT2D eigenvalue weighted by atomic mass is 16.5. The monoisotopic (exact) mass is 350 g/mol. The number of nitrogens with zero attached hydrogens (tertiary/aromatic N) is 2. The smallest absolute Gasteiger partial charge is 0.259 e. The largest absolute Gasteiger partial charge is 0.484 e. The molecule has 0 aliphatic rings. The molecule has 1 amide bonds. The van der Waals surface area contributed by atoms with Crippen LogP contribution in [0.1, 0.15) is 5.56 Å². The standard InChI is InChI=1S/C21H22N2O3/c1-14-9-20(25-4)22-12-19(14)16-6-5-15-7-8-18(11-17(15)10-16)26-13-21(24)23(2)3/h5-12H,13H2,1-4H3. The zero-order valence-electron chi connectivity index (χ0n) is 15.4. The average molecular weight is 350 g/mol. The van der Waals surface area contributed by atoms with E-state index in [1.54, 1.807) is 21.2 Å². The Morgan fingerprint density at radius 2 is 1.85 bits per heavy atom. The highest BCUT2D eigenvalue weighted by Crippen LogP contribution is 2.29. The molecule has 0 aliphatic heterocycles. The number of pyridine rings is 1. The fraction of sp³-hybridized carbons (Fsp3) is 0.238. The Balaban J connectivity index is 1.91. The van der Waals surface area contributed by atoms with Crippen molar-refractivity contribution in [2.75, 3.05) is 27.8 Å². The fourth-order valence-electron chi connectivity index (χ4n) is 2.70. The molecule has 2 aromatic carbocycles. The Morgan fingerprint density at radius 3 is 2.54 bits per heavy atom. The lowest BCUT2D eigenvalue weighted by Crippen LogP contribution is -2.27. The molecule has 0 bridgehead atoms. The lowest BCUT2D eigenvalue weighted by Gasteiger charge is -2.12. The number of likely N-dealkylation sites (N-methyl/N-ethyl adjacent to an activating group) is 1. The molecule has 0 radical (unpaired) electrons. The molecule has 0 fully saturated rings. The Bertz CT molecular complexity index is 951. The van der Waals surface area contributed by atoms with E-state index in [4.69, 9.17) is 9.47 Å². The Labute approximate surface area is 153 Å². The van der Waals surface area contributed by atoms with Gasteiger partial charge in [-0.3, -0.25) is 4.79 Å². The Hall–Kier alpha value is -3.08. The van der Waals surface area contributed by atoms with E-state index in [1.807, 2.05) is 37.4 Å². The minimum Gasteiger partial charge on any atom is -0.484 e. The van der Waals surface area contributed by atoms with Crippen LogP contribution in [0.15, 0.2) is 48.7 Å². The van der Waals surface area contributed by atoms with Crippen molar-refractivity contribution >= 4 is 16.7 Å². The number of aryl methyl sites for hydroxylation is 1. The number of carbonyl (C=O) groups excluding carboxylic acids is 1. The van der Waals surface area contributed by atoms with Crippen molar-refractivity contribution in [1.82, 2.24) is 9.88 Å². The molecule has 5 nitrogen and oxygen atoms in total. The molecule has 134 valence electrons. The van der Waals surface area contributed by atoms with Gasteiger partial charge in [0.25, 0.3) is 5.91 Å². The third-order valence-electron chi connectivity index (χ3n) is 4.28. The van der Waals surface area contributed by atoms with Gasteiger partial charge >= 0.3 is 0 Å². The number of aromatic nitrogens is 1. The predicted octanol–water partition coefficient (Wildman–Crippen LogP) is 3.69. The number of hydrogen-bond acceptors (Lipinski definition) is 4. The van der Waals surface area contributed by atoms with Gasteiger partial charge in [0.1, 0.15) is 5.75 Å². The van der Waals surface area contributed by atoms with Gasteiger partial charge in [-0.1, -0.05) is 18.2 Å². The van der Waals surface area contributed by atoms with E-state index >= 15 is 0 Å². The summed E-state index contributed by atoms with van der Waals surface area (Å²) >= 11 is 0. The van der Waals surface area contributed by atoms with Gasteiger partial charge in [-0.15, -0.1) is 0 Å². The highest BCUT2D eigenvalue weighted by molar-refractivity contribution is 5.89. The second kappa shape index (κ2) is 7.44. The molecular weight excluding hydrogens is 328 g/mol. The number of amides is 1. The molecule has 1 aromatic heterocycles. The fourth-order valence-corrected chi connectivity index (χ4v) is 2.70. The summed E-state index contributed by atoms with van der Waals surface area (Å²) in [6, 6.07) is 14.0. The molecule has 5 heteroatoms. The molecule has 0 atom stereocenters. The van der Waals surface area contributed by atoms with E-state index in [0.29, 0.717) is 11.6 Å². The number of methoxy groups -OCH3 is 1. The molecular formula is C21H22N2O3. The zero-order valence-corrected chi connectivity index (χ0v) is 15.4. The van der Waals surface area contributed by atoms with Crippen LogP contribution in [0.5, 0.6) is 11.6 Å². The number of hydrogen-bond donors (Lipinski definition) is 0. The van der Waals surface area contributed by atoms with Gasteiger partial charge in [0.05, 0.1) is 7.11 Å². The quantitative estimate of drug-likeness (QED) is 0.704. The summed E-state index contributed by atoms with van der Waals surface area (Å²) in [5, 5.41) is 2.16. The van der Waals surface area contributed by atoms with Gasteiger partial charge in [-0.2, -0.15) is 0 Å². The first kappa shape index (κ1) is 17.7. The van der Waals surface area contributed by atoms with E-state index in [2.05, 4.69) is 23.2 Å². The lowest BCUT2D eigenvalue weighted by atomic mass is 9.99. The topological polar surface area (TPSA) is 51.7 Å². The molecule has 26 heavy (non-hydrogen) atoms. The van der Waals surface area contributed by atoms with E-state index in [1.165, 1.54) is 4.90 Å². The van der Waals surface area contributed by atoms with Gasteiger partial charge in [0.15, 0.2) is 6.61 Å². The van der Waals surface area contributed by atoms with Crippen LogP contribution in [0.4, 0.5) is 0 Å². The first-order valence-electron chi connectivity index (χ1n) is 8.35.